The predicted molar refractivity (Wildman–Crippen MR) is 79.8 cm³/mol. The maximum Gasteiger partial charge on any atom is 0.271 e. The number of carboxylic acids is 1. The van der Waals surface area contributed by atoms with Gasteiger partial charge in [-0.15, -0.1) is 0 Å². The van der Waals surface area contributed by atoms with Crippen LogP contribution in [0.4, 0.5) is 0 Å². The van der Waals surface area contributed by atoms with Crippen LogP contribution in [0.2, 0.25) is 5.02 Å². The molecule has 7 heteroatoms. The van der Waals surface area contributed by atoms with Crippen LogP contribution in [-0.2, 0) is 9.59 Å². The van der Waals surface area contributed by atoms with Crippen molar-refractivity contribution in [3.8, 4) is 0 Å². The van der Waals surface area contributed by atoms with Gasteiger partial charge < -0.3 is 9.90 Å². The number of carboxylic acid groups (broad SMARTS) is 1. The van der Waals surface area contributed by atoms with E-state index >= 15 is 0 Å². The number of amides is 2. The summed E-state index contributed by atoms with van der Waals surface area (Å²) in [6.07, 6.45) is 4.29. The molecule has 1 fully saturated rings. The molecular formula is C16H14ClN2O4-. The molecule has 1 saturated carbocycles. The first-order valence-corrected chi connectivity index (χ1v) is 7.60. The van der Waals surface area contributed by atoms with Gasteiger partial charge in [-0.05, 0) is 30.4 Å². The van der Waals surface area contributed by atoms with E-state index < -0.39 is 29.6 Å². The quantitative estimate of drug-likeness (QED) is 0.613. The molecule has 1 aromatic carbocycles. The van der Waals surface area contributed by atoms with Gasteiger partial charge in [-0.25, -0.2) is 0 Å². The summed E-state index contributed by atoms with van der Waals surface area (Å²) in [5.41, 5.74) is 4.79. The number of rotatable bonds is 3. The fourth-order valence-corrected chi connectivity index (χ4v) is 3.64. The van der Waals surface area contributed by atoms with Crippen molar-refractivity contribution in [3.05, 3.63) is 47.0 Å². The fourth-order valence-electron chi connectivity index (χ4n) is 3.42. The molecule has 2 aliphatic rings. The van der Waals surface area contributed by atoms with Crippen molar-refractivity contribution in [3.63, 3.8) is 0 Å². The summed E-state index contributed by atoms with van der Waals surface area (Å²) in [6.45, 7) is 0. The molecule has 2 N–H and O–H groups in total. The van der Waals surface area contributed by atoms with E-state index in [1.807, 2.05) is 12.2 Å². The van der Waals surface area contributed by atoms with Crippen LogP contribution in [-0.4, -0.2) is 17.8 Å². The molecule has 1 aromatic rings. The van der Waals surface area contributed by atoms with Crippen molar-refractivity contribution in [2.45, 2.75) is 6.42 Å². The molecule has 4 atom stereocenters. The molecular weight excluding hydrogens is 320 g/mol. The van der Waals surface area contributed by atoms with Crippen molar-refractivity contribution in [1.82, 2.24) is 10.9 Å². The van der Waals surface area contributed by atoms with Gasteiger partial charge in [-0.1, -0.05) is 35.9 Å². The van der Waals surface area contributed by atoms with Gasteiger partial charge in [0.2, 0.25) is 5.91 Å². The van der Waals surface area contributed by atoms with Gasteiger partial charge in [0.05, 0.1) is 16.5 Å². The Labute approximate surface area is 137 Å². The lowest BCUT2D eigenvalue weighted by atomic mass is 9.82. The highest BCUT2D eigenvalue weighted by molar-refractivity contribution is 6.33. The molecule has 0 spiro atoms. The number of benzene rings is 1. The Hall–Kier alpha value is -2.34. The molecule has 0 saturated heterocycles. The molecule has 0 radical (unpaired) electrons. The monoisotopic (exact) mass is 333 g/mol. The Kier molecular flexibility index (Phi) is 4.09. The molecule has 0 aromatic heterocycles. The minimum atomic E-state index is -1.24. The zero-order valence-corrected chi connectivity index (χ0v) is 12.7. The molecule has 2 bridgehead atoms. The minimum absolute atomic E-state index is 0.139. The average molecular weight is 334 g/mol. The lowest BCUT2D eigenvalue weighted by Crippen LogP contribution is -2.50. The van der Waals surface area contributed by atoms with Gasteiger partial charge in [0, 0.05) is 11.9 Å². The topological polar surface area (TPSA) is 98.3 Å². The van der Waals surface area contributed by atoms with Crippen molar-refractivity contribution in [2.75, 3.05) is 0 Å². The van der Waals surface area contributed by atoms with Gasteiger partial charge in [-0.2, -0.15) is 0 Å². The van der Waals surface area contributed by atoms with Crippen molar-refractivity contribution >= 4 is 29.4 Å². The van der Waals surface area contributed by atoms with E-state index in [4.69, 9.17) is 11.6 Å². The van der Waals surface area contributed by atoms with Crippen LogP contribution in [0, 0.1) is 23.7 Å². The van der Waals surface area contributed by atoms with E-state index in [2.05, 4.69) is 10.9 Å². The Morgan fingerprint density at radius 2 is 1.70 bits per heavy atom. The Bertz CT molecular complexity index is 703. The standard InChI is InChI=1S/C16H15ClN2O4/c17-11-4-2-1-3-10(11)14(20)18-19-15(21)12-8-5-6-9(7-8)13(12)16(22)23/h1-6,8-9,12-13H,7H2,(H,18,20)(H,19,21)(H,22,23)/p-1/t8-,9+,12+,13+/m1/s1. The lowest BCUT2D eigenvalue weighted by molar-refractivity contribution is -0.313. The number of nitrogens with one attached hydrogen (secondary N) is 2. The third-order valence-corrected chi connectivity index (χ3v) is 4.78. The second-order valence-electron chi connectivity index (χ2n) is 5.74. The van der Waals surface area contributed by atoms with Crippen molar-refractivity contribution in [2.24, 2.45) is 23.7 Å². The number of carbonyl (C=O) groups excluding carboxylic acids is 3. The first kappa shape index (κ1) is 15.6. The van der Waals surface area contributed by atoms with Crippen LogP contribution in [0.15, 0.2) is 36.4 Å². The van der Waals surface area contributed by atoms with E-state index in [-0.39, 0.29) is 22.4 Å². The van der Waals surface area contributed by atoms with Gasteiger partial charge in [0.15, 0.2) is 0 Å². The average Bonchev–Trinajstić information content (AvgIpc) is 3.13. The molecule has 2 amide bonds. The zero-order valence-electron chi connectivity index (χ0n) is 12.0. The third-order valence-electron chi connectivity index (χ3n) is 4.45. The van der Waals surface area contributed by atoms with E-state index in [9.17, 15) is 19.5 Å². The molecule has 0 heterocycles. The van der Waals surface area contributed by atoms with Crippen molar-refractivity contribution < 1.29 is 19.5 Å². The summed E-state index contributed by atoms with van der Waals surface area (Å²) in [5.74, 6) is -4.24. The number of fused-ring (bicyclic) bond motifs is 2. The largest absolute Gasteiger partial charge is 0.550 e. The molecule has 0 aliphatic heterocycles. The number of hydrogen-bond acceptors (Lipinski definition) is 4. The number of hydrogen-bond donors (Lipinski definition) is 2. The highest BCUT2D eigenvalue weighted by atomic mass is 35.5. The summed E-state index contributed by atoms with van der Waals surface area (Å²) in [5, 5.41) is 11.5. The minimum Gasteiger partial charge on any atom is -0.550 e. The number of aliphatic carboxylic acids is 1. The van der Waals surface area contributed by atoms with Crippen LogP contribution in [0.1, 0.15) is 16.8 Å². The van der Waals surface area contributed by atoms with Gasteiger partial charge >= 0.3 is 0 Å². The highest BCUT2D eigenvalue weighted by Gasteiger charge is 2.48. The smallest absolute Gasteiger partial charge is 0.271 e. The SMILES string of the molecule is O=C(NNC(=O)[C@@H]1[C@@H](C(=O)[O-])[C@H]2C=C[C@@H]1C2)c1ccccc1Cl. The number of carbonyl (C=O) groups is 3. The van der Waals surface area contributed by atoms with E-state index in [1.165, 1.54) is 6.07 Å². The van der Waals surface area contributed by atoms with Gasteiger partial charge in [-0.3, -0.25) is 20.4 Å². The lowest BCUT2D eigenvalue weighted by Gasteiger charge is -2.27. The fraction of sp³-hybridized carbons (Fsp3) is 0.312. The van der Waals surface area contributed by atoms with Crippen LogP contribution in [0.5, 0.6) is 0 Å². The summed E-state index contributed by atoms with van der Waals surface area (Å²) in [4.78, 5) is 35.6. The number of allylic oxidation sites excluding steroid dienone is 2. The van der Waals surface area contributed by atoms with E-state index in [0.29, 0.717) is 6.42 Å². The second-order valence-corrected chi connectivity index (χ2v) is 6.15. The Balaban J connectivity index is 1.66. The summed E-state index contributed by atoms with van der Waals surface area (Å²) >= 11 is 5.91. The predicted octanol–water partition coefficient (Wildman–Crippen LogP) is 0.289. The van der Waals surface area contributed by atoms with Crippen molar-refractivity contribution in [1.29, 1.82) is 0 Å². The normalized spacial score (nSPS) is 27.7. The second kappa shape index (κ2) is 6.04. The molecule has 2 aliphatic carbocycles. The van der Waals surface area contributed by atoms with E-state index in [1.54, 1.807) is 18.2 Å². The van der Waals surface area contributed by atoms with Gasteiger partial charge in [0.25, 0.3) is 5.91 Å². The van der Waals surface area contributed by atoms with E-state index in [0.717, 1.165) is 0 Å². The first-order chi connectivity index (χ1) is 11.0. The molecule has 6 nitrogen and oxygen atoms in total. The Morgan fingerprint density at radius 1 is 1.04 bits per heavy atom. The molecule has 120 valence electrons. The summed E-state index contributed by atoms with van der Waals surface area (Å²) in [6, 6.07) is 6.42. The molecule has 3 rings (SSSR count). The zero-order chi connectivity index (χ0) is 16.6. The number of hydrazine groups is 1. The summed E-state index contributed by atoms with van der Waals surface area (Å²) in [7, 11) is 0. The summed E-state index contributed by atoms with van der Waals surface area (Å²) < 4.78 is 0. The van der Waals surface area contributed by atoms with Crippen LogP contribution >= 0.6 is 11.6 Å². The van der Waals surface area contributed by atoms with Crippen LogP contribution in [0.25, 0.3) is 0 Å². The number of halogens is 1. The maximum atomic E-state index is 12.3. The highest BCUT2D eigenvalue weighted by Crippen LogP contribution is 2.47. The maximum absolute atomic E-state index is 12.3. The Morgan fingerprint density at radius 3 is 2.35 bits per heavy atom. The van der Waals surface area contributed by atoms with Crippen LogP contribution < -0.4 is 16.0 Å². The van der Waals surface area contributed by atoms with Crippen LogP contribution in [0.3, 0.4) is 0 Å². The first-order valence-electron chi connectivity index (χ1n) is 7.23. The molecule has 23 heavy (non-hydrogen) atoms. The molecule has 0 unspecified atom stereocenters. The third kappa shape index (κ3) is 2.82. The van der Waals surface area contributed by atoms with Gasteiger partial charge in [0.1, 0.15) is 0 Å².